The van der Waals surface area contributed by atoms with Crippen molar-refractivity contribution in [1.29, 1.82) is 0 Å². The average Bonchev–Trinajstić information content (AvgIpc) is 3.18. The molecule has 2 aromatic carbocycles. The van der Waals surface area contributed by atoms with Gasteiger partial charge in [-0.1, -0.05) is 23.7 Å². The Morgan fingerprint density at radius 2 is 1.93 bits per heavy atom. The first-order valence-corrected chi connectivity index (χ1v) is 11.7. The van der Waals surface area contributed by atoms with E-state index in [1.54, 1.807) is 29.3 Å². The Kier molecular flexibility index (Phi) is 7.67. The summed E-state index contributed by atoms with van der Waals surface area (Å²) in [7, 11) is -3.78. The summed E-state index contributed by atoms with van der Waals surface area (Å²) in [6.07, 6.45) is 0.660. The van der Waals surface area contributed by atoms with Gasteiger partial charge in [-0.25, -0.2) is 24.3 Å². The lowest BCUT2D eigenvalue weighted by Gasteiger charge is -2.17. The molecule has 8 nitrogen and oxygen atoms in total. The molecule has 0 fully saturated rings. The molecule has 1 aliphatic rings. The lowest BCUT2D eigenvalue weighted by Crippen LogP contribution is -2.36. The lowest BCUT2D eigenvalue weighted by atomic mass is 10.1. The van der Waals surface area contributed by atoms with Gasteiger partial charge in [-0.15, -0.1) is 0 Å². The van der Waals surface area contributed by atoms with Crippen LogP contribution in [0.15, 0.2) is 63.5 Å². The molecule has 0 atom stereocenters. The number of nitrogens with two attached hydrogens (primary N) is 1. The molecule has 2 aromatic rings. The zero-order valence-electron chi connectivity index (χ0n) is 15.8. The van der Waals surface area contributed by atoms with Crippen LogP contribution in [0.5, 0.6) is 0 Å². The van der Waals surface area contributed by atoms with Crippen LogP contribution in [0.1, 0.15) is 12.0 Å². The van der Waals surface area contributed by atoms with Crippen LogP contribution in [0.4, 0.5) is 4.39 Å². The molecule has 0 amide bonds. The summed E-state index contributed by atoms with van der Waals surface area (Å²) in [6.45, 7) is 0.790. The molecule has 0 spiro atoms. The fourth-order valence-corrected chi connectivity index (χ4v) is 3.73. The molecule has 30 heavy (non-hydrogen) atoms. The van der Waals surface area contributed by atoms with Gasteiger partial charge in [0, 0.05) is 22.9 Å². The van der Waals surface area contributed by atoms with Crippen LogP contribution in [0.2, 0.25) is 5.02 Å². The van der Waals surface area contributed by atoms with E-state index in [9.17, 15) is 12.8 Å². The van der Waals surface area contributed by atoms with Crippen molar-refractivity contribution in [3.63, 3.8) is 0 Å². The van der Waals surface area contributed by atoms with Gasteiger partial charge in [0.1, 0.15) is 5.82 Å². The monoisotopic (exact) mass is 470 g/mol. The molecule has 0 saturated heterocycles. The van der Waals surface area contributed by atoms with E-state index in [1.807, 2.05) is 12.1 Å². The molecule has 12 heteroatoms. The number of hydrogen-bond acceptors (Lipinski definition) is 5. The molecular formula is C18H20ClFN6O2S2. The van der Waals surface area contributed by atoms with E-state index < -0.39 is 10.2 Å². The van der Waals surface area contributed by atoms with Gasteiger partial charge in [-0.2, -0.15) is 13.5 Å². The molecular weight excluding hydrogens is 451 g/mol. The highest BCUT2D eigenvalue weighted by atomic mass is 35.5. The first kappa shape index (κ1) is 22.5. The minimum absolute atomic E-state index is 0.0536. The van der Waals surface area contributed by atoms with E-state index in [4.69, 9.17) is 16.7 Å². The maximum atomic E-state index is 13.2. The van der Waals surface area contributed by atoms with Gasteiger partial charge >= 0.3 is 0 Å². The topological polar surface area (TPSA) is 112 Å². The summed E-state index contributed by atoms with van der Waals surface area (Å²) in [5, 5.41) is 11.8. The van der Waals surface area contributed by atoms with Crippen molar-refractivity contribution in [2.24, 2.45) is 15.2 Å². The Morgan fingerprint density at radius 1 is 1.23 bits per heavy atom. The molecule has 160 valence electrons. The highest BCUT2D eigenvalue weighted by molar-refractivity contribution is 7.98. The zero-order chi connectivity index (χ0) is 21.6. The summed E-state index contributed by atoms with van der Waals surface area (Å²) in [6, 6.07) is 13.4. The van der Waals surface area contributed by atoms with Crippen LogP contribution in [-0.2, 0) is 10.2 Å². The molecule has 0 aromatic heterocycles. The number of halogens is 2. The zero-order valence-corrected chi connectivity index (χ0v) is 18.1. The average molecular weight is 471 g/mol. The molecule has 0 bridgehead atoms. The minimum Gasteiger partial charge on any atom is -0.295 e. The van der Waals surface area contributed by atoms with E-state index >= 15 is 0 Å². The third-order valence-electron chi connectivity index (χ3n) is 3.97. The number of benzene rings is 2. The third-order valence-corrected chi connectivity index (χ3v) is 5.63. The Bertz CT molecular complexity index is 1030. The largest absolute Gasteiger partial charge is 0.295 e. The van der Waals surface area contributed by atoms with E-state index in [0.717, 1.165) is 16.2 Å². The predicted octanol–water partition coefficient (Wildman–Crippen LogP) is 2.33. The highest BCUT2D eigenvalue weighted by Gasteiger charge is 2.20. The van der Waals surface area contributed by atoms with Gasteiger partial charge in [0.15, 0.2) is 0 Å². The van der Waals surface area contributed by atoms with Crippen molar-refractivity contribution in [2.45, 2.75) is 11.3 Å². The lowest BCUT2D eigenvalue weighted by molar-refractivity contribution is 0.478. The van der Waals surface area contributed by atoms with Crippen molar-refractivity contribution in [3.05, 3.63) is 64.9 Å². The predicted molar refractivity (Wildman–Crippen MR) is 118 cm³/mol. The van der Waals surface area contributed by atoms with E-state index in [2.05, 4.69) is 19.5 Å². The van der Waals surface area contributed by atoms with Crippen molar-refractivity contribution in [2.75, 3.05) is 19.6 Å². The van der Waals surface area contributed by atoms with Crippen LogP contribution in [0, 0.1) is 5.82 Å². The Labute approximate surface area is 183 Å². The standard InChI is InChI=1S/C18H20ClFN6O2S2/c19-14-3-7-16(8-4-14)29-25-18(22-10-11-23-30(21,27)28)26-12-9-17(24-26)13-1-5-15(20)6-2-13/h1-8,23H,9-12H2,(H,22,25)(H2,21,27,28). The molecule has 0 radical (unpaired) electrons. The molecule has 3 rings (SSSR count). The first-order valence-electron chi connectivity index (χ1n) is 8.91. The minimum atomic E-state index is -3.78. The summed E-state index contributed by atoms with van der Waals surface area (Å²) >= 11 is 7.24. The Balaban J connectivity index is 1.72. The fraction of sp³-hybridized carbons (Fsp3) is 0.222. The molecule has 1 aliphatic heterocycles. The number of guanidine groups is 1. The quantitative estimate of drug-likeness (QED) is 0.249. The normalized spacial score (nSPS) is 14.7. The summed E-state index contributed by atoms with van der Waals surface area (Å²) in [5.74, 6) is 0.156. The van der Waals surface area contributed by atoms with Crippen LogP contribution >= 0.6 is 23.5 Å². The SMILES string of the molecule is NS(=O)(=O)NCCN=C(NSc1ccc(Cl)cc1)N1CCC(c2ccc(F)cc2)=N1. The van der Waals surface area contributed by atoms with Gasteiger partial charge in [0.05, 0.1) is 18.8 Å². The van der Waals surface area contributed by atoms with Crippen LogP contribution in [0.25, 0.3) is 0 Å². The fourth-order valence-electron chi connectivity index (χ4n) is 2.58. The Morgan fingerprint density at radius 3 is 2.60 bits per heavy atom. The second kappa shape index (κ2) is 10.2. The van der Waals surface area contributed by atoms with E-state index in [-0.39, 0.29) is 18.9 Å². The number of hydrazone groups is 1. The van der Waals surface area contributed by atoms with Gasteiger partial charge in [0.25, 0.3) is 10.2 Å². The van der Waals surface area contributed by atoms with Crippen molar-refractivity contribution >= 4 is 45.4 Å². The third kappa shape index (κ3) is 6.96. The van der Waals surface area contributed by atoms with Gasteiger partial charge in [0.2, 0.25) is 5.96 Å². The smallest absolute Gasteiger partial charge is 0.274 e. The van der Waals surface area contributed by atoms with Crippen molar-refractivity contribution < 1.29 is 12.8 Å². The molecule has 4 N–H and O–H groups in total. The van der Waals surface area contributed by atoms with Gasteiger partial charge in [-0.3, -0.25) is 4.72 Å². The highest BCUT2D eigenvalue weighted by Crippen LogP contribution is 2.20. The number of rotatable bonds is 7. The maximum absolute atomic E-state index is 13.2. The number of nitrogens with zero attached hydrogens (tertiary/aromatic N) is 3. The van der Waals surface area contributed by atoms with Gasteiger partial charge in [-0.05, 0) is 53.9 Å². The first-order chi connectivity index (χ1) is 14.3. The summed E-state index contributed by atoms with van der Waals surface area (Å²) in [5.41, 5.74) is 1.64. The molecule has 0 aliphatic carbocycles. The van der Waals surface area contributed by atoms with Crippen LogP contribution < -0.4 is 14.6 Å². The van der Waals surface area contributed by atoms with Crippen molar-refractivity contribution in [1.82, 2.24) is 14.5 Å². The van der Waals surface area contributed by atoms with Gasteiger partial charge < -0.3 is 0 Å². The van der Waals surface area contributed by atoms with Crippen LogP contribution in [-0.4, -0.2) is 44.7 Å². The number of hydrogen-bond donors (Lipinski definition) is 3. The van der Waals surface area contributed by atoms with Crippen molar-refractivity contribution in [3.8, 4) is 0 Å². The second-order valence-electron chi connectivity index (χ2n) is 6.23. The molecule has 0 unspecified atom stereocenters. The van der Waals surface area contributed by atoms with Crippen LogP contribution in [0.3, 0.4) is 0 Å². The van der Waals surface area contributed by atoms with E-state index in [1.165, 1.54) is 24.1 Å². The maximum Gasteiger partial charge on any atom is 0.274 e. The van der Waals surface area contributed by atoms with E-state index in [0.29, 0.717) is 23.9 Å². The number of nitrogens with one attached hydrogen (secondary N) is 2. The molecule has 0 saturated carbocycles. The second-order valence-corrected chi connectivity index (χ2v) is 8.92. The number of aliphatic imine (C=N–C) groups is 1. The molecule has 1 heterocycles. The Hall–Kier alpha value is -2.18. The summed E-state index contributed by atoms with van der Waals surface area (Å²) < 4.78 is 40.6. The summed E-state index contributed by atoms with van der Waals surface area (Å²) in [4.78, 5) is 5.33.